The summed E-state index contributed by atoms with van der Waals surface area (Å²) in [6, 6.07) is 10.4. The minimum atomic E-state index is 0.0308. The largest absolute Gasteiger partial charge is 0.349 e. The zero-order valence-corrected chi connectivity index (χ0v) is 15.6. The van der Waals surface area contributed by atoms with E-state index in [-0.39, 0.29) is 11.9 Å². The molecule has 4 rings (SSSR count). The van der Waals surface area contributed by atoms with Gasteiger partial charge in [-0.05, 0) is 24.8 Å². The maximum atomic E-state index is 12.5. The van der Waals surface area contributed by atoms with E-state index in [9.17, 15) is 4.79 Å². The number of carbonyl (C=O) groups excluding carboxylic acids is 1. The van der Waals surface area contributed by atoms with Gasteiger partial charge in [-0.3, -0.25) is 9.48 Å². The van der Waals surface area contributed by atoms with E-state index in [2.05, 4.69) is 27.5 Å². The first-order chi connectivity index (χ1) is 12.7. The number of hydrogen-bond donors (Lipinski definition) is 1. The number of aromatic nitrogens is 3. The van der Waals surface area contributed by atoms with E-state index in [4.69, 9.17) is 0 Å². The molecule has 1 aromatic carbocycles. The molecule has 0 radical (unpaired) electrons. The van der Waals surface area contributed by atoms with Crippen LogP contribution >= 0.6 is 11.3 Å². The highest BCUT2D eigenvalue weighted by Gasteiger charge is 2.24. The van der Waals surface area contributed by atoms with E-state index in [1.165, 1.54) is 11.3 Å². The molecule has 2 heterocycles. The quantitative estimate of drug-likeness (QED) is 0.754. The number of hydrogen-bond acceptors (Lipinski definition) is 4. The van der Waals surface area contributed by atoms with Crippen molar-refractivity contribution in [3.63, 3.8) is 0 Å². The smallest absolute Gasteiger partial charge is 0.226 e. The molecule has 1 aliphatic carbocycles. The Kier molecular flexibility index (Phi) is 4.84. The molecule has 3 aromatic rings. The molecule has 2 aromatic heterocycles. The molecular weight excluding hydrogens is 344 g/mol. The van der Waals surface area contributed by atoms with Crippen LogP contribution in [0.5, 0.6) is 0 Å². The molecule has 0 unspecified atom stereocenters. The molecule has 0 bridgehead atoms. The molecule has 1 amide bonds. The van der Waals surface area contributed by atoms with E-state index >= 15 is 0 Å². The van der Waals surface area contributed by atoms with E-state index in [1.807, 2.05) is 41.5 Å². The van der Waals surface area contributed by atoms with Crippen molar-refractivity contribution in [2.24, 2.45) is 7.05 Å². The number of amides is 1. The first-order valence-corrected chi connectivity index (χ1v) is 9.84. The predicted molar refractivity (Wildman–Crippen MR) is 102 cm³/mol. The summed E-state index contributed by atoms with van der Waals surface area (Å²) in [4.78, 5) is 17.1. The Bertz CT molecular complexity index is 900. The van der Waals surface area contributed by atoms with E-state index < -0.39 is 0 Å². The van der Waals surface area contributed by atoms with Gasteiger partial charge in [0.05, 0.1) is 29.4 Å². The number of aryl methyl sites for hydroxylation is 1. The number of benzene rings is 1. The van der Waals surface area contributed by atoms with Crippen LogP contribution < -0.4 is 5.32 Å². The van der Waals surface area contributed by atoms with Crippen molar-refractivity contribution in [1.29, 1.82) is 0 Å². The lowest BCUT2D eigenvalue weighted by molar-refractivity contribution is -0.121. The third kappa shape index (κ3) is 3.70. The molecule has 0 saturated heterocycles. The highest BCUT2D eigenvalue weighted by atomic mass is 32.1. The summed E-state index contributed by atoms with van der Waals surface area (Å²) >= 11 is 1.62. The molecule has 0 spiro atoms. The van der Waals surface area contributed by atoms with Crippen LogP contribution in [0.15, 0.2) is 41.9 Å². The number of fused-ring (bicyclic) bond motifs is 1. The summed E-state index contributed by atoms with van der Waals surface area (Å²) in [5, 5.41) is 10.5. The van der Waals surface area contributed by atoms with Crippen molar-refractivity contribution in [3.8, 4) is 0 Å². The van der Waals surface area contributed by atoms with Gasteiger partial charge < -0.3 is 5.32 Å². The van der Waals surface area contributed by atoms with Crippen molar-refractivity contribution in [3.05, 3.63) is 69.4 Å². The number of thiazole rings is 1. The van der Waals surface area contributed by atoms with E-state index in [1.54, 1.807) is 11.3 Å². The molecule has 1 N–H and O–H groups in total. The van der Waals surface area contributed by atoms with Gasteiger partial charge in [0.2, 0.25) is 5.91 Å². The summed E-state index contributed by atoms with van der Waals surface area (Å²) < 4.78 is 1.92. The summed E-state index contributed by atoms with van der Waals surface area (Å²) in [7, 11) is 1.96. The number of rotatable bonds is 5. The number of nitrogens with one attached hydrogen (secondary N) is 1. The van der Waals surface area contributed by atoms with Crippen molar-refractivity contribution < 1.29 is 4.79 Å². The Hall–Kier alpha value is -2.47. The molecule has 0 fully saturated rings. The minimum absolute atomic E-state index is 0.0308. The molecule has 5 nitrogen and oxygen atoms in total. The van der Waals surface area contributed by atoms with Crippen LogP contribution in [0.1, 0.15) is 46.4 Å². The van der Waals surface area contributed by atoms with Crippen molar-refractivity contribution in [1.82, 2.24) is 20.1 Å². The Morgan fingerprint density at radius 3 is 3.04 bits per heavy atom. The van der Waals surface area contributed by atoms with Crippen molar-refractivity contribution in [2.45, 2.75) is 38.1 Å². The van der Waals surface area contributed by atoms with E-state index in [0.717, 1.165) is 41.9 Å². The maximum absolute atomic E-state index is 12.5. The fourth-order valence-corrected chi connectivity index (χ4v) is 4.38. The monoisotopic (exact) mass is 366 g/mol. The van der Waals surface area contributed by atoms with Crippen molar-refractivity contribution in [2.75, 3.05) is 0 Å². The summed E-state index contributed by atoms with van der Waals surface area (Å²) in [6.07, 6.45) is 6.12. The molecule has 0 saturated carbocycles. The van der Waals surface area contributed by atoms with Gasteiger partial charge in [-0.1, -0.05) is 30.3 Å². The Balaban J connectivity index is 1.37. The molecule has 0 aliphatic heterocycles. The molecule has 134 valence electrons. The van der Waals surface area contributed by atoms with E-state index in [0.29, 0.717) is 6.42 Å². The van der Waals surface area contributed by atoms with Gasteiger partial charge in [0.25, 0.3) is 0 Å². The Morgan fingerprint density at radius 2 is 2.19 bits per heavy atom. The van der Waals surface area contributed by atoms with Gasteiger partial charge in [-0.15, -0.1) is 11.3 Å². The molecule has 6 heteroatoms. The average molecular weight is 366 g/mol. The maximum Gasteiger partial charge on any atom is 0.226 e. The normalized spacial score (nSPS) is 16.3. The van der Waals surface area contributed by atoms with Crippen LogP contribution in [0.4, 0.5) is 0 Å². The lowest BCUT2D eigenvalue weighted by Gasteiger charge is -2.23. The van der Waals surface area contributed by atoms with Crippen LogP contribution in [0, 0.1) is 0 Å². The van der Waals surface area contributed by atoms with Gasteiger partial charge in [0.1, 0.15) is 0 Å². The third-order valence-corrected chi connectivity index (χ3v) is 5.75. The van der Waals surface area contributed by atoms with Crippen LogP contribution in [0.2, 0.25) is 0 Å². The summed E-state index contributed by atoms with van der Waals surface area (Å²) in [6.45, 7) is 0. The molecular formula is C20H22N4OS. The lowest BCUT2D eigenvalue weighted by atomic mass is 9.93. The van der Waals surface area contributed by atoms with Gasteiger partial charge in [0.15, 0.2) is 0 Å². The minimum Gasteiger partial charge on any atom is -0.349 e. The SMILES string of the molecule is Cn1ncc2c1CCC[C@H]2NC(=O)Cc1csc(Cc2ccccc2)n1. The molecule has 1 atom stereocenters. The lowest BCUT2D eigenvalue weighted by Crippen LogP contribution is -2.32. The van der Waals surface area contributed by atoms with Crippen LogP contribution in [-0.2, 0) is 31.1 Å². The summed E-state index contributed by atoms with van der Waals surface area (Å²) in [5.41, 5.74) is 4.49. The zero-order valence-electron chi connectivity index (χ0n) is 14.8. The highest BCUT2D eigenvalue weighted by molar-refractivity contribution is 7.09. The second-order valence-electron chi connectivity index (χ2n) is 6.75. The van der Waals surface area contributed by atoms with Crippen LogP contribution in [-0.4, -0.2) is 20.7 Å². The topological polar surface area (TPSA) is 59.8 Å². The fraction of sp³-hybridized carbons (Fsp3) is 0.350. The highest BCUT2D eigenvalue weighted by Crippen LogP contribution is 2.29. The van der Waals surface area contributed by atoms with Gasteiger partial charge >= 0.3 is 0 Å². The first-order valence-electron chi connectivity index (χ1n) is 8.96. The molecule has 1 aliphatic rings. The average Bonchev–Trinajstić information content (AvgIpc) is 3.23. The van der Waals surface area contributed by atoms with Crippen molar-refractivity contribution >= 4 is 17.2 Å². The first kappa shape index (κ1) is 17.0. The standard InChI is InChI=1S/C20H22N4OS/c1-24-18-9-5-8-17(16(18)12-21-24)23-19(25)11-15-13-26-20(22-15)10-14-6-3-2-4-7-14/h2-4,6-7,12-13,17H,5,8-11H2,1H3,(H,23,25)/t17-/m1/s1. The second-order valence-corrected chi connectivity index (χ2v) is 7.70. The number of nitrogens with zero attached hydrogens (tertiary/aromatic N) is 3. The number of carbonyl (C=O) groups is 1. The van der Waals surface area contributed by atoms with Crippen LogP contribution in [0.3, 0.4) is 0 Å². The van der Waals surface area contributed by atoms with Gasteiger partial charge in [-0.25, -0.2) is 4.98 Å². The van der Waals surface area contributed by atoms with Gasteiger partial charge in [-0.2, -0.15) is 5.10 Å². The Labute approximate surface area is 157 Å². The zero-order chi connectivity index (χ0) is 17.9. The predicted octanol–water partition coefficient (Wildman–Crippen LogP) is 3.20. The second kappa shape index (κ2) is 7.41. The fourth-order valence-electron chi connectivity index (χ4n) is 3.55. The third-order valence-electron chi connectivity index (χ3n) is 4.85. The van der Waals surface area contributed by atoms with Gasteiger partial charge in [0, 0.05) is 30.1 Å². The molecule has 26 heavy (non-hydrogen) atoms. The summed E-state index contributed by atoms with van der Waals surface area (Å²) in [5.74, 6) is 0.0308. The Morgan fingerprint density at radius 1 is 1.35 bits per heavy atom. The van der Waals surface area contributed by atoms with Crippen LogP contribution in [0.25, 0.3) is 0 Å².